The van der Waals surface area contributed by atoms with Gasteiger partial charge in [0.2, 0.25) is 0 Å². The zero-order valence-electron chi connectivity index (χ0n) is 15.7. The van der Waals surface area contributed by atoms with E-state index >= 15 is 0 Å². The van der Waals surface area contributed by atoms with Gasteiger partial charge in [0, 0.05) is 5.56 Å². The summed E-state index contributed by atoms with van der Waals surface area (Å²) in [4.78, 5) is 11.9. The predicted octanol–water partition coefficient (Wildman–Crippen LogP) is 5.20. The Morgan fingerprint density at radius 1 is 0.880 bits per heavy atom. The first kappa shape index (κ1) is 21.1. The van der Waals surface area contributed by atoms with Crippen LogP contribution in [0.1, 0.15) is 62.6 Å². The Bertz CT molecular complexity index is 587. The molecule has 0 bridgehead atoms. The Labute approximate surface area is 151 Å². The summed E-state index contributed by atoms with van der Waals surface area (Å²) >= 11 is 0. The molecular weight excluding hydrogens is 312 g/mol. The lowest BCUT2D eigenvalue weighted by Crippen LogP contribution is -2.14. The minimum Gasteiger partial charge on any atom is -0.380 e. The van der Waals surface area contributed by atoms with Gasteiger partial charge in [-0.15, -0.1) is 0 Å². The van der Waals surface area contributed by atoms with Crippen molar-refractivity contribution in [3.63, 3.8) is 0 Å². The molecule has 25 heavy (non-hydrogen) atoms. The first-order valence-corrected chi connectivity index (χ1v) is 8.97. The zero-order chi connectivity index (χ0) is 18.7. The molecule has 0 amide bonds. The van der Waals surface area contributed by atoms with Gasteiger partial charge in [-0.25, -0.2) is 0 Å². The number of carbonyl (C=O) groups is 1. The van der Waals surface area contributed by atoms with Crippen molar-refractivity contribution in [2.45, 2.75) is 58.8 Å². The number of aliphatic hydroxyl groups is 1. The molecule has 0 spiro atoms. The molecule has 2 aromatic carbocycles. The molecule has 3 heteroatoms. The molecular formula is C22H30O3. The second kappa shape index (κ2) is 11.6. The third kappa shape index (κ3) is 7.63. The van der Waals surface area contributed by atoms with Gasteiger partial charge in [0.15, 0.2) is 5.78 Å². The number of carbonyl (C=O) groups excluding carboxylic acids is 1. The van der Waals surface area contributed by atoms with Crippen molar-refractivity contribution in [3.8, 4) is 0 Å². The fourth-order valence-electron chi connectivity index (χ4n) is 2.14. The Morgan fingerprint density at radius 2 is 1.32 bits per heavy atom. The van der Waals surface area contributed by atoms with Crippen LogP contribution in [0.25, 0.3) is 0 Å². The molecule has 0 aliphatic rings. The van der Waals surface area contributed by atoms with E-state index in [0.717, 1.165) is 12.8 Å². The molecule has 0 aliphatic carbocycles. The summed E-state index contributed by atoms with van der Waals surface area (Å²) in [6.07, 6.45) is 2.01. The van der Waals surface area contributed by atoms with Crippen LogP contribution < -0.4 is 0 Å². The van der Waals surface area contributed by atoms with Crippen LogP contribution in [0.5, 0.6) is 0 Å². The molecule has 0 radical (unpaired) electrons. The normalized spacial score (nSPS) is 14.0. The summed E-state index contributed by atoms with van der Waals surface area (Å²) in [5, 5.41) is 9.89. The Morgan fingerprint density at radius 3 is 1.76 bits per heavy atom. The molecule has 3 unspecified atom stereocenters. The van der Waals surface area contributed by atoms with Gasteiger partial charge in [-0.3, -0.25) is 4.79 Å². The van der Waals surface area contributed by atoms with E-state index in [2.05, 4.69) is 27.7 Å². The summed E-state index contributed by atoms with van der Waals surface area (Å²) in [6, 6.07) is 17.7. The van der Waals surface area contributed by atoms with E-state index in [9.17, 15) is 9.90 Å². The van der Waals surface area contributed by atoms with Crippen molar-refractivity contribution >= 4 is 5.78 Å². The van der Waals surface area contributed by atoms with Gasteiger partial charge in [-0.2, -0.15) is 0 Å². The Balaban J connectivity index is 0.000000299. The topological polar surface area (TPSA) is 46.5 Å². The highest BCUT2D eigenvalue weighted by atomic mass is 16.5. The fourth-order valence-corrected chi connectivity index (χ4v) is 2.14. The number of ether oxygens (including phenoxy) is 1. The van der Waals surface area contributed by atoms with E-state index in [4.69, 9.17) is 4.74 Å². The number of Topliss-reactive ketones (excluding diaryl/α,β-unsaturated/α-hetero) is 1. The molecule has 0 saturated heterocycles. The molecule has 0 saturated carbocycles. The molecule has 0 aliphatic heterocycles. The van der Waals surface area contributed by atoms with Crippen molar-refractivity contribution in [2.75, 3.05) is 0 Å². The summed E-state index contributed by atoms with van der Waals surface area (Å²) in [5.74, 6) is -0.271. The van der Waals surface area contributed by atoms with Crippen molar-refractivity contribution in [1.29, 1.82) is 0 Å². The van der Waals surface area contributed by atoms with E-state index in [1.54, 1.807) is 48.5 Å². The van der Waals surface area contributed by atoms with Crippen LogP contribution >= 0.6 is 0 Å². The van der Waals surface area contributed by atoms with Crippen molar-refractivity contribution in [2.24, 2.45) is 0 Å². The molecule has 0 aromatic heterocycles. The smallest absolute Gasteiger partial charge is 0.195 e. The first-order valence-electron chi connectivity index (χ1n) is 8.97. The summed E-state index contributed by atoms with van der Waals surface area (Å²) in [6.45, 7) is 8.53. The third-order valence-corrected chi connectivity index (χ3v) is 4.04. The molecule has 3 nitrogen and oxygen atoms in total. The monoisotopic (exact) mass is 342 g/mol. The second-order valence-electron chi connectivity index (χ2n) is 6.12. The van der Waals surface area contributed by atoms with Crippen LogP contribution in [-0.4, -0.2) is 23.1 Å². The predicted molar refractivity (Wildman–Crippen MR) is 103 cm³/mol. The summed E-state index contributed by atoms with van der Waals surface area (Å²) in [7, 11) is 0. The number of aliphatic hydroxyl groups excluding tert-OH is 1. The fraction of sp³-hybridized carbons (Fsp3) is 0.409. The lowest BCUT2D eigenvalue weighted by atomic mass is 10.0. The minimum atomic E-state index is -1.08. The largest absolute Gasteiger partial charge is 0.380 e. The third-order valence-electron chi connectivity index (χ3n) is 4.04. The van der Waals surface area contributed by atoms with Crippen LogP contribution in [0.2, 0.25) is 0 Å². The van der Waals surface area contributed by atoms with Crippen LogP contribution in [0.15, 0.2) is 60.7 Å². The van der Waals surface area contributed by atoms with Gasteiger partial charge < -0.3 is 9.84 Å². The van der Waals surface area contributed by atoms with Crippen molar-refractivity contribution < 1.29 is 14.6 Å². The Kier molecular flexibility index (Phi) is 9.75. The van der Waals surface area contributed by atoms with Crippen LogP contribution in [0.3, 0.4) is 0 Å². The summed E-state index contributed by atoms with van der Waals surface area (Å²) in [5.41, 5.74) is 1.15. The number of benzene rings is 2. The number of hydrogen-bond donors (Lipinski definition) is 1. The molecule has 136 valence electrons. The highest BCUT2D eigenvalue weighted by molar-refractivity contribution is 5.99. The SMILES string of the molecule is CCC(C)OC(C)CC.O=C(c1ccccc1)C(O)c1ccccc1. The quantitative estimate of drug-likeness (QED) is 0.703. The Hall–Kier alpha value is -1.97. The van der Waals surface area contributed by atoms with E-state index in [-0.39, 0.29) is 5.78 Å². The molecule has 2 aromatic rings. The highest BCUT2D eigenvalue weighted by Gasteiger charge is 2.18. The van der Waals surface area contributed by atoms with Gasteiger partial charge in [0.05, 0.1) is 12.2 Å². The van der Waals surface area contributed by atoms with Crippen LogP contribution in [0, 0.1) is 0 Å². The number of rotatable bonds is 7. The van der Waals surface area contributed by atoms with Gasteiger partial charge in [-0.05, 0) is 32.3 Å². The zero-order valence-corrected chi connectivity index (χ0v) is 15.7. The highest BCUT2D eigenvalue weighted by Crippen LogP contribution is 2.17. The van der Waals surface area contributed by atoms with Gasteiger partial charge in [0.1, 0.15) is 6.10 Å². The second-order valence-corrected chi connectivity index (χ2v) is 6.12. The summed E-state index contributed by atoms with van der Waals surface area (Å²) < 4.78 is 5.55. The van der Waals surface area contributed by atoms with Gasteiger partial charge in [0.25, 0.3) is 0 Å². The van der Waals surface area contributed by atoms with Crippen LogP contribution in [0.4, 0.5) is 0 Å². The maximum absolute atomic E-state index is 11.9. The standard InChI is InChI=1S/C14H12O2.C8H18O/c15-13(11-7-3-1-4-8-11)14(16)12-9-5-2-6-10-12;1-5-7(3)9-8(4)6-2/h1-10,13,15H;7-8H,5-6H2,1-4H3. The van der Waals surface area contributed by atoms with E-state index in [1.165, 1.54) is 0 Å². The van der Waals surface area contributed by atoms with Gasteiger partial charge in [-0.1, -0.05) is 74.5 Å². The lowest BCUT2D eigenvalue weighted by Gasteiger charge is -2.15. The molecule has 2 rings (SSSR count). The maximum Gasteiger partial charge on any atom is 0.195 e. The van der Waals surface area contributed by atoms with Crippen LogP contribution in [-0.2, 0) is 4.74 Å². The van der Waals surface area contributed by atoms with Crippen molar-refractivity contribution in [3.05, 3.63) is 71.8 Å². The molecule has 0 heterocycles. The van der Waals surface area contributed by atoms with Crippen molar-refractivity contribution in [1.82, 2.24) is 0 Å². The first-order chi connectivity index (χ1) is 12.0. The molecule has 1 N–H and O–H groups in total. The van der Waals surface area contributed by atoms with E-state index < -0.39 is 6.10 Å². The van der Waals surface area contributed by atoms with E-state index in [1.807, 2.05) is 12.1 Å². The minimum absolute atomic E-state index is 0.271. The maximum atomic E-state index is 11.9. The average molecular weight is 342 g/mol. The number of ketones is 1. The molecule has 0 fully saturated rings. The van der Waals surface area contributed by atoms with Gasteiger partial charge >= 0.3 is 0 Å². The lowest BCUT2D eigenvalue weighted by molar-refractivity contribution is 0.00511. The average Bonchev–Trinajstić information content (AvgIpc) is 2.68. The number of hydrogen-bond acceptors (Lipinski definition) is 3. The molecule has 3 atom stereocenters. The van der Waals surface area contributed by atoms with E-state index in [0.29, 0.717) is 23.3 Å².